The third-order valence-electron chi connectivity index (χ3n) is 4.52. The SMILES string of the molecule is CC(=O)Nc1cccc(-n2nnnc2SC[C@@H]2CCc3ccccc32)c1. The van der Waals surface area contributed by atoms with Gasteiger partial charge in [0, 0.05) is 18.4 Å². The molecule has 26 heavy (non-hydrogen) atoms. The molecular formula is C19H19N5OS. The molecule has 132 valence electrons. The van der Waals surface area contributed by atoms with E-state index in [4.69, 9.17) is 0 Å². The van der Waals surface area contributed by atoms with Crippen LogP contribution in [0.25, 0.3) is 5.69 Å². The molecule has 7 heteroatoms. The standard InChI is InChI=1S/C19H19N5OS/c1-13(25)20-16-6-4-7-17(11-16)24-19(21-22-23-24)26-12-15-10-9-14-5-2-3-8-18(14)15/h2-8,11,15H,9-10,12H2,1H3,(H,20,25)/t15-/m0/s1. The summed E-state index contributed by atoms with van der Waals surface area (Å²) < 4.78 is 1.72. The molecule has 1 heterocycles. The molecule has 1 aromatic heterocycles. The molecule has 1 N–H and O–H groups in total. The number of fused-ring (bicyclic) bond motifs is 1. The van der Waals surface area contributed by atoms with Crippen LogP contribution in [0.4, 0.5) is 5.69 Å². The minimum Gasteiger partial charge on any atom is -0.326 e. The number of benzene rings is 2. The second-order valence-corrected chi connectivity index (χ2v) is 7.34. The van der Waals surface area contributed by atoms with Crippen molar-refractivity contribution >= 4 is 23.4 Å². The minimum atomic E-state index is -0.103. The average molecular weight is 365 g/mol. The lowest BCUT2D eigenvalue weighted by Gasteiger charge is -2.11. The van der Waals surface area contributed by atoms with Gasteiger partial charge < -0.3 is 5.32 Å². The number of anilines is 1. The van der Waals surface area contributed by atoms with E-state index in [9.17, 15) is 4.79 Å². The Hall–Kier alpha value is -2.67. The van der Waals surface area contributed by atoms with Crippen molar-refractivity contribution < 1.29 is 4.79 Å². The summed E-state index contributed by atoms with van der Waals surface area (Å²) in [6.45, 7) is 1.49. The highest BCUT2D eigenvalue weighted by atomic mass is 32.2. The minimum absolute atomic E-state index is 0.103. The van der Waals surface area contributed by atoms with Crippen molar-refractivity contribution in [2.45, 2.75) is 30.8 Å². The summed E-state index contributed by atoms with van der Waals surface area (Å²) in [5.41, 5.74) is 4.47. The number of thioether (sulfide) groups is 1. The zero-order chi connectivity index (χ0) is 17.9. The van der Waals surface area contributed by atoms with Gasteiger partial charge in [-0.15, -0.1) is 5.10 Å². The summed E-state index contributed by atoms with van der Waals surface area (Å²) in [6, 6.07) is 16.2. The highest BCUT2D eigenvalue weighted by Crippen LogP contribution is 2.36. The number of aromatic nitrogens is 4. The van der Waals surface area contributed by atoms with Crippen LogP contribution in [0.3, 0.4) is 0 Å². The number of carbonyl (C=O) groups is 1. The van der Waals surface area contributed by atoms with Crippen molar-refractivity contribution in [3.63, 3.8) is 0 Å². The van der Waals surface area contributed by atoms with Gasteiger partial charge in [0.1, 0.15) is 0 Å². The van der Waals surface area contributed by atoms with E-state index in [1.54, 1.807) is 16.4 Å². The second kappa shape index (κ2) is 7.29. The fourth-order valence-electron chi connectivity index (χ4n) is 3.34. The van der Waals surface area contributed by atoms with Gasteiger partial charge in [-0.05, 0) is 58.5 Å². The van der Waals surface area contributed by atoms with Gasteiger partial charge >= 0.3 is 0 Å². The van der Waals surface area contributed by atoms with E-state index in [0.29, 0.717) is 5.92 Å². The Kier molecular flexibility index (Phi) is 4.71. The lowest BCUT2D eigenvalue weighted by molar-refractivity contribution is -0.114. The molecule has 0 saturated heterocycles. The number of tetrazole rings is 1. The molecule has 0 spiro atoms. The van der Waals surface area contributed by atoms with E-state index >= 15 is 0 Å². The molecule has 4 rings (SSSR count). The molecule has 1 amide bonds. The predicted octanol–water partition coefficient (Wildman–Crippen LogP) is 3.44. The van der Waals surface area contributed by atoms with Crippen LogP contribution in [0, 0.1) is 0 Å². The summed E-state index contributed by atoms with van der Waals surface area (Å²) in [5.74, 6) is 1.38. The van der Waals surface area contributed by atoms with Crippen LogP contribution in [-0.2, 0) is 11.2 Å². The maximum absolute atomic E-state index is 11.3. The average Bonchev–Trinajstić information content (AvgIpc) is 3.26. The predicted molar refractivity (Wildman–Crippen MR) is 102 cm³/mol. The molecule has 0 fully saturated rings. The molecule has 2 aromatic carbocycles. The summed E-state index contributed by atoms with van der Waals surface area (Å²) in [7, 11) is 0. The summed E-state index contributed by atoms with van der Waals surface area (Å²) >= 11 is 1.67. The van der Waals surface area contributed by atoms with Gasteiger partial charge in [0.05, 0.1) is 5.69 Å². The maximum atomic E-state index is 11.3. The van der Waals surface area contributed by atoms with E-state index in [1.165, 1.54) is 24.5 Å². The van der Waals surface area contributed by atoms with Crippen LogP contribution >= 0.6 is 11.8 Å². The highest BCUT2D eigenvalue weighted by Gasteiger charge is 2.23. The molecule has 0 unspecified atom stereocenters. The summed E-state index contributed by atoms with van der Waals surface area (Å²) in [5, 5.41) is 15.7. The van der Waals surface area contributed by atoms with E-state index in [0.717, 1.165) is 28.7 Å². The van der Waals surface area contributed by atoms with Crippen LogP contribution in [-0.4, -0.2) is 31.9 Å². The van der Waals surface area contributed by atoms with Gasteiger partial charge in [-0.3, -0.25) is 4.79 Å². The van der Waals surface area contributed by atoms with Crippen molar-refractivity contribution in [2.75, 3.05) is 11.1 Å². The topological polar surface area (TPSA) is 72.7 Å². The Morgan fingerprint density at radius 2 is 2.15 bits per heavy atom. The molecule has 0 bridgehead atoms. The number of nitrogens with zero attached hydrogens (tertiary/aromatic N) is 4. The number of hydrogen-bond donors (Lipinski definition) is 1. The van der Waals surface area contributed by atoms with Crippen LogP contribution in [0.1, 0.15) is 30.4 Å². The zero-order valence-corrected chi connectivity index (χ0v) is 15.2. The first-order valence-electron chi connectivity index (χ1n) is 8.58. The number of carbonyl (C=O) groups excluding carboxylic acids is 1. The van der Waals surface area contributed by atoms with Crippen LogP contribution < -0.4 is 5.32 Å². The Labute approximate surface area is 156 Å². The Balaban J connectivity index is 1.50. The maximum Gasteiger partial charge on any atom is 0.221 e. The van der Waals surface area contributed by atoms with Crippen molar-refractivity contribution in [1.82, 2.24) is 20.2 Å². The Morgan fingerprint density at radius 1 is 1.27 bits per heavy atom. The number of hydrogen-bond acceptors (Lipinski definition) is 5. The largest absolute Gasteiger partial charge is 0.326 e. The number of nitrogens with one attached hydrogen (secondary N) is 1. The molecule has 6 nitrogen and oxygen atoms in total. The third kappa shape index (κ3) is 3.48. The van der Waals surface area contributed by atoms with Crippen LogP contribution in [0.5, 0.6) is 0 Å². The summed E-state index contributed by atoms with van der Waals surface area (Å²) in [4.78, 5) is 11.3. The quantitative estimate of drug-likeness (QED) is 0.701. The molecule has 0 aliphatic heterocycles. The Bertz CT molecular complexity index is 939. The molecular weight excluding hydrogens is 346 g/mol. The lowest BCUT2D eigenvalue weighted by atomic mass is 10.0. The normalized spacial score (nSPS) is 15.7. The first-order chi connectivity index (χ1) is 12.7. The third-order valence-corrected chi connectivity index (χ3v) is 5.60. The van der Waals surface area contributed by atoms with Crippen molar-refractivity contribution in [3.05, 3.63) is 59.7 Å². The lowest BCUT2D eigenvalue weighted by Crippen LogP contribution is -2.07. The number of amides is 1. The smallest absolute Gasteiger partial charge is 0.221 e. The molecule has 0 saturated carbocycles. The monoisotopic (exact) mass is 365 g/mol. The molecule has 3 aromatic rings. The second-order valence-electron chi connectivity index (χ2n) is 6.35. The zero-order valence-electron chi connectivity index (χ0n) is 14.4. The van der Waals surface area contributed by atoms with Crippen molar-refractivity contribution in [3.8, 4) is 5.69 Å². The van der Waals surface area contributed by atoms with E-state index < -0.39 is 0 Å². The molecule has 1 atom stereocenters. The van der Waals surface area contributed by atoms with Crippen LogP contribution in [0.15, 0.2) is 53.7 Å². The molecule has 1 aliphatic carbocycles. The molecule has 1 aliphatic rings. The van der Waals surface area contributed by atoms with E-state index in [1.807, 2.05) is 24.3 Å². The van der Waals surface area contributed by atoms with Crippen molar-refractivity contribution in [1.29, 1.82) is 0 Å². The Morgan fingerprint density at radius 3 is 3.04 bits per heavy atom. The van der Waals surface area contributed by atoms with Crippen LogP contribution in [0.2, 0.25) is 0 Å². The van der Waals surface area contributed by atoms with Gasteiger partial charge in [-0.1, -0.05) is 42.1 Å². The van der Waals surface area contributed by atoms with E-state index in [-0.39, 0.29) is 5.91 Å². The highest BCUT2D eigenvalue weighted by molar-refractivity contribution is 7.99. The van der Waals surface area contributed by atoms with Gasteiger partial charge in [0.15, 0.2) is 0 Å². The van der Waals surface area contributed by atoms with Crippen molar-refractivity contribution in [2.24, 2.45) is 0 Å². The number of aryl methyl sites for hydroxylation is 1. The van der Waals surface area contributed by atoms with Gasteiger partial charge in [0.2, 0.25) is 11.1 Å². The summed E-state index contributed by atoms with van der Waals surface area (Å²) in [6.07, 6.45) is 2.32. The molecule has 0 radical (unpaired) electrons. The fraction of sp³-hybridized carbons (Fsp3) is 0.263. The van der Waals surface area contributed by atoms with Gasteiger partial charge in [0.25, 0.3) is 0 Å². The number of rotatable bonds is 5. The first kappa shape index (κ1) is 16.8. The van der Waals surface area contributed by atoms with Gasteiger partial charge in [-0.2, -0.15) is 4.68 Å². The first-order valence-corrected chi connectivity index (χ1v) is 9.56. The van der Waals surface area contributed by atoms with E-state index in [2.05, 4.69) is 45.1 Å². The van der Waals surface area contributed by atoms with Gasteiger partial charge in [-0.25, -0.2) is 0 Å². The fourth-order valence-corrected chi connectivity index (χ4v) is 4.40.